The molecule has 0 aromatic rings. The number of rotatable bonds is 6. The van der Waals surface area contributed by atoms with Gasteiger partial charge in [-0.3, -0.25) is 9.18 Å². The Morgan fingerprint density at radius 1 is 1.25 bits per heavy atom. The van der Waals surface area contributed by atoms with Crippen molar-refractivity contribution in [2.24, 2.45) is 10.8 Å². The van der Waals surface area contributed by atoms with Gasteiger partial charge in [0.15, 0.2) is 5.78 Å². The van der Waals surface area contributed by atoms with Crippen LogP contribution in [0.5, 0.6) is 0 Å². The number of alkyl halides is 1. The summed E-state index contributed by atoms with van der Waals surface area (Å²) >= 11 is 0. The van der Waals surface area contributed by atoms with Crippen LogP contribution >= 0.6 is 0 Å². The number of aliphatic hydroxyl groups is 1. The number of aliphatic hydroxyl groups excluding tert-OH is 1. The first-order chi connectivity index (χ1) is 7.23. The largest absolute Gasteiger partial charge is 0.512 e. The molecule has 0 fully saturated rings. The van der Waals surface area contributed by atoms with Gasteiger partial charge in [-0.1, -0.05) is 34.6 Å². The second-order valence-corrected chi connectivity index (χ2v) is 5.18. The van der Waals surface area contributed by atoms with E-state index in [0.717, 1.165) is 12.8 Å². The maximum absolute atomic E-state index is 12.6. The Bertz CT molecular complexity index is 276. The average Bonchev–Trinajstić information content (AvgIpc) is 2.27. The van der Waals surface area contributed by atoms with Gasteiger partial charge in [0.05, 0.1) is 5.41 Å². The van der Waals surface area contributed by atoms with Crippen LogP contribution in [0.4, 0.5) is 4.39 Å². The van der Waals surface area contributed by atoms with Crippen molar-refractivity contribution in [3.05, 3.63) is 11.8 Å². The predicted molar refractivity (Wildman–Crippen MR) is 64.2 cm³/mol. The average molecular weight is 230 g/mol. The smallest absolute Gasteiger partial charge is 0.167 e. The van der Waals surface area contributed by atoms with Crippen LogP contribution in [-0.2, 0) is 4.79 Å². The molecule has 0 heterocycles. The summed E-state index contributed by atoms with van der Waals surface area (Å²) in [7, 11) is 0. The Balaban J connectivity index is 4.99. The molecule has 1 N–H and O–H groups in total. The molecule has 0 rings (SSSR count). The minimum absolute atomic E-state index is 0.0593. The number of hydrogen-bond acceptors (Lipinski definition) is 2. The molecule has 0 aromatic heterocycles. The van der Waals surface area contributed by atoms with E-state index in [-0.39, 0.29) is 17.0 Å². The van der Waals surface area contributed by atoms with E-state index in [1.54, 1.807) is 0 Å². The van der Waals surface area contributed by atoms with Gasteiger partial charge in [0.1, 0.15) is 12.4 Å². The number of hydrogen-bond donors (Lipinski definition) is 1. The molecule has 0 spiro atoms. The Hall–Kier alpha value is -0.860. The Morgan fingerprint density at radius 2 is 1.69 bits per heavy atom. The van der Waals surface area contributed by atoms with Gasteiger partial charge >= 0.3 is 0 Å². The van der Waals surface area contributed by atoms with Crippen LogP contribution in [0.2, 0.25) is 0 Å². The minimum Gasteiger partial charge on any atom is -0.512 e. The van der Waals surface area contributed by atoms with Crippen LogP contribution in [0.1, 0.15) is 47.5 Å². The number of halogens is 1. The molecule has 16 heavy (non-hydrogen) atoms. The van der Waals surface area contributed by atoms with Crippen LogP contribution in [0.3, 0.4) is 0 Å². The van der Waals surface area contributed by atoms with Crippen LogP contribution in [-0.4, -0.2) is 17.6 Å². The predicted octanol–water partition coefficient (Wildman–Crippen LogP) is 3.82. The summed E-state index contributed by atoms with van der Waals surface area (Å²) in [5.74, 6) is -0.301. The molecule has 0 saturated carbocycles. The zero-order chi connectivity index (χ0) is 13.0. The highest BCUT2D eigenvalue weighted by Crippen LogP contribution is 2.33. The number of allylic oxidation sites excluding steroid dienone is 2. The van der Waals surface area contributed by atoms with Gasteiger partial charge in [-0.15, -0.1) is 0 Å². The van der Waals surface area contributed by atoms with E-state index in [0.29, 0.717) is 0 Å². The normalized spacial score (nSPS) is 14.0. The summed E-state index contributed by atoms with van der Waals surface area (Å²) in [6.45, 7) is 8.17. The fourth-order valence-corrected chi connectivity index (χ4v) is 1.17. The van der Waals surface area contributed by atoms with Gasteiger partial charge in [-0.25, -0.2) is 0 Å². The third-order valence-electron chi connectivity index (χ3n) is 3.45. The highest BCUT2D eigenvalue weighted by atomic mass is 19.1. The first-order valence-corrected chi connectivity index (χ1v) is 5.75. The van der Waals surface area contributed by atoms with Gasteiger partial charge < -0.3 is 5.11 Å². The third kappa shape index (κ3) is 3.32. The van der Waals surface area contributed by atoms with Crippen molar-refractivity contribution < 1.29 is 14.3 Å². The molecular formula is C13H23FO2. The topological polar surface area (TPSA) is 37.3 Å². The molecule has 0 amide bonds. The van der Waals surface area contributed by atoms with Crippen LogP contribution < -0.4 is 0 Å². The van der Waals surface area contributed by atoms with Gasteiger partial charge in [0.25, 0.3) is 0 Å². The highest BCUT2D eigenvalue weighted by Gasteiger charge is 2.30. The molecule has 0 saturated heterocycles. The second kappa shape index (κ2) is 5.46. The summed E-state index contributed by atoms with van der Waals surface area (Å²) in [6, 6.07) is 0. The van der Waals surface area contributed by atoms with E-state index in [1.807, 2.05) is 20.8 Å². The van der Waals surface area contributed by atoms with Crippen molar-refractivity contribution in [3.63, 3.8) is 0 Å². The SMILES string of the molecule is CCC(C)(CC)/C(O)=C/C(=O)C(C)(C)CF. The van der Waals surface area contributed by atoms with Crippen molar-refractivity contribution in [2.45, 2.75) is 47.5 Å². The van der Waals surface area contributed by atoms with Crippen molar-refractivity contribution in [3.8, 4) is 0 Å². The van der Waals surface area contributed by atoms with E-state index in [1.165, 1.54) is 19.9 Å². The maximum Gasteiger partial charge on any atom is 0.167 e. The Labute approximate surface area is 97.6 Å². The summed E-state index contributed by atoms with van der Waals surface area (Å²) in [6.07, 6.45) is 2.68. The third-order valence-corrected chi connectivity index (χ3v) is 3.45. The lowest BCUT2D eigenvalue weighted by molar-refractivity contribution is -0.123. The molecule has 0 bridgehead atoms. The summed E-state index contributed by atoms with van der Waals surface area (Å²) in [5, 5.41) is 9.92. The molecule has 0 aliphatic rings. The monoisotopic (exact) mass is 230 g/mol. The zero-order valence-corrected chi connectivity index (χ0v) is 10.9. The molecular weight excluding hydrogens is 207 g/mol. The van der Waals surface area contributed by atoms with Gasteiger partial charge in [-0.05, 0) is 12.8 Å². The van der Waals surface area contributed by atoms with E-state index in [4.69, 9.17) is 0 Å². The Kier molecular flexibility index (Phi) is 5.17. The lowest BCUT2D eigenvalue weighted by atomic mass is 9.80. The molecule has 0 unspecified atom stereocenters. The fraction of sp³-hybridized carbons (Fsp3) is 0.769. The maximum atomic E-state index is 12.6. The molecule has 0 aromatic carbocycles. The number of carbonyl (C=O) groups excluding carboxylic acids is 1. The van der Waals surface area contributed by atoms with E-state index in [2.05, 4.69) is 0 Å². The van der Waals surface area contributed by atoms with Crippen molar-refractivity contribution in [1.29, 1.82) is 0 Å². The number of ketones is 1. The summed E-state index contributed by atoms with van der Waals surface area (Å²) < 4.78 is 12.6. The van der Waals surface area contributed by atoms with Crippen LogP contribution in [0.15, 0.2) is 11.8 Å². The Morgan fingerprint density at radius 3 is 2.00 bits per heavy atom. The molecule has 0 radical (unpaired) electrons. The first kappa shape index (κ1) is 15.1. The van der Waals surface area contributed by atoms with Gasteiger partial charge in [0.2, 0.25) is 0 Å². The van der Waals surface area contributed by atoms with Gasteiger partial charge in [0, 0.05) is 11.5 Å². The molecule has 0 aliphatic carbocycles. The van der Waals surface area contributed by atoms with Crippen LogP contribution in [0, 0.1) is 10.8 Å². The number of carbonyl (C=O) groups is 1. The first-order valence-electron chi connectivity index (χ1n) is 5.75. The molecule has 94 valence electrons. The van der Waals surface area contributed by atoms with E-state index in [9.17, 15) is 14.3 Å². The summed E-state index contributed by atoms with van der Waals surface area (Å²) in [4.78, 5) is 11.7. The van der Waals surface area contributed by atoms with Gasteiger partial charge in [-0.2, -0.15) is 0 Å². The molecule has 0 aliphatic heterocycles. The quantitative estimate of drug-likeness (QED) is 0.556. The van der Waals surface area contributed by atoms with Crippen molar-refractivity contribution in [1.82, 2.24) is 0 Å². The fourth-order valence-electron chi connectivity index (χ4n) is 1.17. The second-order valence-electron chi connectivity index (χ2n) is 5.18. The molecule has 3 heteroatoms. The zero-order valence-electron chi connectivity index (χ0n) is 10.9. The standard InChI is InChI=1S/C13H23FO2/c1-6-13(5,7-2)11(16)8-10(15)12(3,4)9-14/h8,16H,6-7,9H2,1-5H3/b11-8-. The lowest BCUT2D eigenvalue weighted by Crippen LogP contribution is -2.27. The van der Waals surface area contributed by atoms with Crippen molar-refractivity contribution in [2.75, 3.05) is 6.67 Å². The summed E-state index contributed by atoms with van der Waals surface area (Å²) in [5.41, 5.74) is -1.43. The molecule has 0 atom stereocenters. The van der Waals surface area contributed by atoms with Crippen molar-refractivity contribution >= 4 is 5.78 Å². The van der Waals surface area contributed by atoms with Crippen LogP contribution in [0.25, 0.3) is 0 Å². The minimum atomic E-state index is -1.05. The molecule has 2 nitrogen and oxygen atoms in total. The highest BCUT2D eigenvalue weighted by molar-refractivity contribution is 5.94. The lowest BCUT2D eigenvalue weighted by Gasteiger charge is -2.26. The van der Waals surface area contributed by atoms with E-state index < -0.39 is 12.1 Å². The van der Waals surface area contributed by atoms with E-state index >= 15 is 0 Å².